The van der Waals surface area contributed by atoms with Crippen LogP contribution < -0.4 is 10.0 Å². The van der Waals surface area contributed by atoms with Crippen LogP contribution in [0.25, 0.3) is 22.0 Å². The fraction of sp³-hybridized carbons (Fsp3) is 0.0476. The van der Waals surface area contributed by atoms with Crippen molar-refractivity contribution in [3.63, 3.8) is 0 Å². The number of benzene rings is 2. The summed E-state index contributed by atoms with van der Waals surface area (Å²) >= 11 is 0. The molecule has 2 N–H and O–H groups in total. The Labute approximate surface area is 163 Å². The van der Waals surface area contributed by atoms with E-state index in [1.807, 2.05) is 54.6 Å². The molecule has 0 amide bonds. The number of fused-ring (bicyclic) bond motifs is 1. The Balaban J connectivity index is 1.81. The van der Waals surface area contributed by atoms with Crippen LogP contribution in [0.3, 0.4) is 0 Å². The zero-order chi connectivity index (χ0) is 19.6. The first-order valence-corrected chi connectivity index (χ1v) is 10.5. The predicted molar refractivity (Wildman–Crippen MR) is 113 cm³/mol. The summed E-state index contributed by atoms with van der Waals surface area (Å²) in [5, 5.41) is 4.23. The van der Waals surface area contributed by atoms with Gasteiger partial charge >= 0.3 is 0 Å². The van der Waals surface area contributed by atoms with Crippen LogP contribution in [0.1, 0.15) is 0 Å². The molecule has 0 aliphatic carbocycles. The Bertz CT molecular complexity index is 1240. The number of pyridine rings is 2. The molecule has 4 aromatic rings. The van der Waals surface area contributed by atoms with Gasteiger partial charge in [0.05, 0.1) is 17.5 Å². The number of sulfonamides is 1. The predicted octanol–water partition coefficient (Wildman–Crippen LogP) is 4.41. The number of hydrogen-bond donors (Lipinski definition) is 2. The highest BCUT2D eigenvalue weighted by Gasteiger charge is 2.11. The Morgan fingerprint density at radius 3 is 2.43 bits per heavy atom. The maximum absolute atomic E-state index is 11.7. The normalized spacial score (nSPS) is 11.3. The molecule has 0 spiro atoms. The summed E-state index contributed by atoms with van der Waals surface area (Å²) in [5.41, 5.74) is 3.79. The quantitative estimate of drug-likeness (QED) is 0.527. The minimum Gasteiger partial charge on any atom is -0.340 e. The van der Waals surface area contributed by atoms with Gasteiger partial charge < -0.3 is 5.32 Å². The van der Waals surface area contributed by atoms with Crippen molar-refractivity contribution >= 4 is 38.1 Å². The third kappa shape index (κ3) is 3.94. The second-order valence-corrected chi connectivity index (χ2v) is 8.10. The molecular weight excluding hydrogens is 372 g/mol. The van der Waals surface area contributed by atoms with E-state index in [0.29, 0.717) is 5.69 Å². The maximum Gasteiger partial charge on any atom is 0.229 e. The van der Waals surface area contributed by atoms with E-state index in [0.717, 1.165) is 39.8 Å². The van der Waals surface area contributed by atoms with Gasteiger partial charge in [-0.1, -0.05) is 30.3 Å². The smallest absolute Gasteiger partial charge is 0.229 e. The summed E-state index contributed by atoms with van der Waals surface area (Å²) in [7, 11) is -3.39. The number of nitrogens with zero attached hydrogens (tertiary/aromatic N) is 2. The third-order valence-electron chi connectivity index (χ3n) is 4.19. The molecule has 2 heterocycles. The topological polar surface area (TPSA) is 84.0 Å². The molecule has 0 bridgehead atoms. The van der Waals surface area contributed by atoms with E-state index in [2.05, 4.69) is 20.0 Å². The fourth-order valence-electron chi connectivity index (χ4n) is 3.00. The van der Waals surface area contributed by atoms with E-state index in [1.165, 1.54) is 0 Å². The second-order valence-electron chi connectivity index (χ2n) is 6.36. The lowest BCUT2D eigenvalue weighted by molar-refractivity contribution is 0.607. The van der Waals surface area contributed by atoms with Crippen molar-refractivity contribution in [2.24, 2.45) is 0 Å². The molecule has 0 fully saturated rings. The van der Waals surface area contributed by atoms with E-state index >= 15 is 0 Å². The number of aromatic nitrogens is 2. The highest BCUT2D eigenvalue weighted by molar-refractivity contribution is 7.92. The molecular formula is C21H18N4O2S. The Hall–Kier alpha value is -3.45. The number of anilines is 3. The second kappa shape index (κ2) is 7.28. The molecule has 0 atom stereocenters. The minimum atomic E-state index is -3.39. The summed E-state index contributed by atoms with van der Waals surface area (Å²) in [6, 6.07) is 20.7. The van der Waals surface area contributed by atoms with Crippen molar-refractivity contribution in [2.75, 3.05) is 16.3 Å². The molecule has 2 aromatic carbocycles. The van der Waals surface area contributed by atoms with Gasteiger partial charge in [0, 0.05) is 34.6 Å². The summed E-state index contributed by atoms with van der Waals surface area (Å²) in [6.45, 7) is 0. The SMILES string of the molecule is CS(=O)(=O)Nc1ccccc1-c1cnc2cccc(Nc3ccccn3)c2c1. The van der Waals surface area contributed by atoms with E-state index in [9.17, 15) is 8.42 Å². The van der Waals surface area contributed by atoms with Crippen molar-refractivity contribution < 1.29 is 8.42 Å². The van der Waals surface area contributed by atoms with Crippen molar-refractivity contribution in [1.82, 2.24) is 9.97 Å². The largest absolute Gasteiger partial charge is 0.340 e. The highest BCUT2D eigenvalue weighted by Crippen LogP contribution is 2.32. The molecule has 0 aliphatic heterocycles. The highest BCUT2D eigenvalue weighted by atomic mass is 32.2. The molecule has 4 rings (SSSR count). The molecule has 0 unspecified atom stereocenters. The van der Waals surface area contributed by atoms with E-state index in [-0.39, 0.29) is 0 Å². The van der Waals surface area contributed by atoms with Crippen LogP contribution in [-0.2, 0) is 10.0 Å². The summed E-state index contributed by atoms with van der Waals surface area (Å²) in [6.07, 6.45) is 4.61. The molecule has 28 heavy (non-hydrogen) atoms. The average molecular weight is 390 g/mol. The summed E-state index contributed by atoms with van der Waals surface area (Å²) in [4.78, 5) is 8.87. The third-order valence-corrected chi connectivity index (χ3v) is 4.78. The molecule has 140 valence electrons. The van der Waals surface area contributed by atoms with Gasteiger partial charge in [-0.15, -0.1) is 0 Å². The average Bonchev–Trinajstić information content (AvgIpc) is 2.68. The van der Waals surface area contributed by atoms with Crippen LogP contribution in [0.2, 0.25) is 0 Å². The summed E-state index contributed by atoms with van der Waals surface area (Å²) < 4.78 is 26.0. The Morgan fingerprint density at radius 2 is 1.64 bits per heavy atom. The van der Waals surface area contributed by atoms with Gasteiger partial charge in [-0.05, 0) is 36.4 Å². The number of hydrogen-bond acceptors (Lipinski definition) is 5. The van der Waals surface area contributed by atoms with Crippen LogP contribution in [0.5, 0.6) is 0 Å². The van der Waals surface area contributed by atoms with E-state index in [4.69, 9.17) is 0 Å². The molecule has 7 heteroatoms. The van der Waals surface area contributed by atoms with Crippen molar-refractivity contribution in [3.05, 3.63) is 79.1 Å². The first-order chi connectivity index (χ1) is 13.5. The van der Waals surface area contributed by atoms with Crippen LogP contribution >= 0.6 is 0 Å². The number of nitrogens with one attached hydrogen (secondary N) is 2. The summed E-state index contributed by atoms with van der Waals surface area (Å²) in [5.74, 6) is 0.736. The van der Waals surface area contributed by atoms with Gasteiger partial charge in [-0.2, -0.15) is 0 Å². The van der Waals surface area contributed by atoms with Gasteiger partial charge in [0.15, 0.2) is 0 Å². The lowest BCUT2D eigenvalue weighted by Gasteiger charge is -2.13. The van der Waals surface area contributed by atoms with Gasteiger partial charge in [0.1, 0.15) is 5.82 Å². The van der Waals surface area contributed by atoms with Crippen molar-refractivity contribution in [1.29, 1.82) is 0 Å². The Morgan fingerprint density at radius 1 is 0.857 bits per heavy atom. The molecule has 6 nitrogen and oxygen atoms in total. The van der Waals surface area contributed by atoms with Crippen molar-refractivity contribution in [3.8, 4) is 11.1 Å². The monoisotopic (exact) mass is 390 g/mol. The van der Waals surface area contributed by atoms with Gasteiger partial charge in [0.2, 0.25) is 10.0 Å². The Kier molecular flexibility index (Phi) is 4.67. The zero-order valence-electron chi connectivity index (χ0n) is 15.1. The molecule has 0 saturated carbocycles. The maximum atomic E-state index is 11.7. The molecule has 0 saturated heterocycles. The molecule has 2 aromatic heterocycles. The number of para-hydroxylation sites is 1. The van der Waals surface area contributed by atoms with Crippen LogP contribution in [0, 0.1) is 0 Å². The van der Waals surface area contributed by atoms with Crippen molar-refractivity contribution in [2.45, 2.75) is 0 Å². The first kappa shape index (κ1) is 17.9. The lowest BCUT2D eigenvalue weighted by Crippen LogP contribution is -2.10. The lowest BCUT2D eigenvalue weighted by atomic mass is 10.0. The molecule has 0 aliphatic rings. The first-order valence-electron chi connectivity index (χ1n) is 8.64. The van der Waals surface area contributed by atoms with Gasteiger partial charge in [-0.3, -0.25) is 9.71 Å². The van der Waals surface area contributed by atoms with E-state index in [1.54, 1.807) is 24.5 Å². The molecule has 0 radical (unpaired) electrons. The van der Waals surface area contributed by atoms with Gasteiger partial charge in [0.25, 0.3) is 0 Å². The van der Waals surface area contributed by atoms with Crippen LogP contribution in [0.15, 0.2) is 79.1 Å². The van der Waals surface area contributed by atoms with Gasteiger partial charge in [-0.25, -0.2) is 13.4 Å². The number of rotatable bonds is 5. The minimum absolute atomic E-state index is 0.515. The zero-order valence-corrected chi connectivity index (χ0v) is 15.9. The van der Waals surface area contributed by atoms with E-state index < -0.39 is 10.0 Å². The van der Waals surface area contributed by atoms with Crippen LogP contribution in [-0.4, -0.2) is 24.6 Å². The van der Waals surface area contributed by atoms with Crippen LogP contribution in [0.4, 0.5) is 17.2 Å². The fourth-order valence-corrected chi connectivity index (χ4v) is 3.58. The standard InChI is InChI=1S/C21H18N4O2S/c1-28(26,27)25-20-8-3-2-7-16(20)15-13-17-18(23-14-15)9-6-10-19(17)24-21-11-4-5-12-22-21/h2-14,25H,1H3,(H,22,24).